The molecule has 1 aromatic carbocycles. The van der Waals surface area contributed by atoms with Crippen molar-refractivity contribution >= 4 is 5.69 Å². The molecule has 3 atom stereocenters. The van der Waals surface area contributed by atoms with Crippen LogP contribution in [0.15, 0.2) is 18.2 Å². The highest BCUT2D eigenvalue weighted by Gasteiger charge is 2.35. The van der Waals surface area contributed by atoms with Gasteiger partial charge in [-0.15, -0.1) is 0 Å². The van der Waals surface area contributed by atoms with Crippen molar-refractivity contribution in [1.29, 1.82) is 0 Å². The van der Waals surface area contributed by atoms with E-state index < -0.39 is 6.10 Å². The lowest BCUT2D eigenvalue weighted by molar-refractivity contribution is 0.102. The van der Waals surface area contributed by atoms with Crippen LogP contribution >= 0.6 is 0 Å². The van der Waals surface area contributed by atoms with Gasteiger partial charge in [0.1, 0.15) is 5.82 Å². The number of benzene rings is 1. The van der Waals surface area contributed by atoms with Gasteiger partial charge in [0.25, 0.3) is 0 Å². The second-order valence-electron chi connectivity index (χ2n) is 6.54. The van der Waals surface area contributed by atoms with E-state index in [1.807, 2.05) is 6.07 Å². The van der Waals surface area contributed by atoms with Crippen LogP contribution in [0.2, 0.25) is 0 Å². The number of likely N-dealkylation sites (tertiary alicyclic amines) is 1. The van der Waals surface area contributed by atoms with E-state index in [1.165, 1.54) is 25.5 Å². The molecule has 3 nitrogen and oxygen atoms in total. The zero-order chi connectivity index (χ0) is 15.0. The maximum atomic E-state index is 14.3. The van der Waals surface area contributed by atoms with Gasteiger partial charge in [-0.3, -0.25) is 0 Å². The third-order valence-corrected chi connectivity index (χ3v) is 5.13. The zero-order valence-electron chi connectivity index (χ0n) is 12.9. The first-order chi connectivity index (χ1) is 10.1. The number of rotatable bonds is 2. The van der Waals surface area contributed by atoms with Crippen molar-refractivity contribution in [3.63, 3.8) is 0 Å². The predicted molar refractivity (Wildman–Crippen MR) is 83.0 cm³/mol. The monoisotopic (exact) mass is 292 g/mol. The SMILES string of the molecule is CC(O)c1cccc(F)c1N1CCC2C(CCCN2C)C1. The average molecular weight is 292 g/mol. The highest BCUT2D eigenvalue weighted by Crippen LogP contribution is 2.36. The molecule has 1 aromatic rings. The number of para-hydroxylation sites is 1. The van der Waals surface area contributed by atoms with Crippen LogP contribution in [-0.4, -0.2) is 42.7 Å². The molecule has 2 saturated heterocycles. The van der Waals surface area contributed by atoms with Crippen LogP contribution in [-0.2, 0) is 0 Å². The Morgan fingerprint density at radius 2 is 2.10 bits per heavy atom. The third-order valence-electron chi connectivity index (χ3n) is 5.13. The van der Waals surface area contributed by atoms with E-state index >= 15 is 0 Å². The van der Waals surface area contributed by atoms with Crippen LogP contribution in [0.25, 0.3) is 0 Å². The van der Waals surface area contributed by atoms with E-state index in [4.69, 9.17) is 0 Å². The molecule has 0 aliphatic carbocycles. The first kappa shape index (κ1) is 14.8. The smallest absolute Gasteiger partial charge is 0.146 e. The maximum absolute atomic E-state index is 14.3. The van der Waals surface area contributed by atoms with Crippen molar-refractivity contribution in [2.45, 2.75) is 38.3 Å². The van der Waals surface area contributed by atoms with Gasteiger partial charge in [-0.05, 0) is 51.8 Å². The lowest BCUT2D eigenvalue weighted by atomic mass is 9.83. The molecule has 0 saturated carbocycles. The van der Waals surface area contributed by atoms with E-state index in [-0.39, 0.29) is 5.82 Å². The lowest BCUT2D eigenvalue weighted by Crippen LogP contribution is -2.53. The molecule has 0 amide bonds. The summed E-state index contributed by atoms with van der Waals surface area (Å²) in [7, 11) is 2.21. The van der Waals surface area contributed by atoms with E-state index in [0.29, 0.717) is 23.2 Å². The van der Waals surface area contributed by atoms with Crippen LogP contribution < -0.4 is 4.90 Å². The van der Waals surface area contributed by atoms with Gasteiger partial charge in [0, 0.05) is 24.7 Å². The molecule has 2 fully saturated rings. The minimum absolute atomic E-state index is 0.212. The molecule has 116 valence electrons. The van der Waals surface area contributed by atoms with Gasteiger partial charge in [-0.2, -0.15) is 0 Å². The van der Waals surface area contributed by atoms with Crippen molar-refractivity contribution in [2.24, 2.45) is 5.92 Å². The summed E-state index contributed by atoms with van der Waals surface area (Å²) in [6, 6.07) is 5.65. The summed E-state index contributed by atoms with van der Waals surface area (Å²) in [6.45, 7) is 4.65. The van der Waals surface area contributed by atoms with Gasteiger partial charge in [-0.1, -0.05) is 12.1 Å². The number of aliphatic hydroxyl groups excluding tert-OH is 1. The summed E-state index contributed by atoms with van der Waals surface area (Å²) < 4.78 is 14.3. The number of halogens is 1. The van der Waals surface area contributed by atoms with Gasteiger partial charge < -0.3 is 14.9 Å². The summed E-state index contributed by atoms with van der Waals surface area (Å²) in [5.74, 6) is 0.398. The third kappa shape index (κ3) is 2.79. The highest BCUT2D eigenvalue weighted by atomic mass is 19.1. The molecule has 2 heterocycles. The number of fused-ring (bicyclic) bond motifs is 1. The number of hydrogen-bond donors (Lipinski definition) is 1. The number of anilines is 1. The Morgan fingerprint density at radius 1 is 1.29 bits per heavy atom. The van der Waals surface area contributed by atoms with Crippen molar-refractivity contribution in [3.05, 3.63) is 29.6 Å². The molecule has 1 N–H and O–H groups in total. The summed E-state index contributed by atoms with van der Waals surface area (Å²) in [5.41, 5.74) is 1.32. The van der Waals surface area contributed by atoms with Crippen molar-refractivity contribution in [3.8, 4) is 0 Å². The molecule has 3 rings (SSSR count). The molecule has 0 spiro atoms. The van der Waals surface area contributed by atoms with E-state index in [0.717, 1.165) is 19.5 Å². The molecular formula is C17H25FN2O. The fraction of sp³-hybridized carbons (Fsp3) is 0.647. The lowest BCUT2D eigenvalue weighted by Gasteiger charge is -2.47. The number of aliphatic hydroxyl groups is 1. The Kier molecular flexibility index (Phi) is 4.18. The van der Waals surface area contributed by atoms with Crippen LogP contribution in [0.3, 0.4) is 0 Å². The molecular weight excluding hydrogens is 267 g/mol. The van der Waals surface area contributed by atoms with E-state index in [9.17, 15) is 9.50 Å². The predicted octanol–water partition coefficient (Wildman–Crippen LogP) is 2.80. The largest absolute Gasteiger partial charge is 0.389 e. The summed E-state index contributed by atoms with van der Waals surface area (Å²) >= 11 is 0. The second kappa shape index (κ2) is 5.93. The van der Waals surface area contributed by atoms with Gasteiger partial charge in [0.05, 0.1) is 11.8 Å². The minimum atomic E-state index is -0.637. The van der Waals surface area contributed by atoms with Gasteiger partial charge in [0.15, 0.2) is 0 Å². The Hall–Kier alpha value is -1.13. The molecule has 0 radical (unpaired) electrons. The fourth-order valence-electron chi connectivity index (χ4n) is 4.06. The summed E-state index contributed by atoms with van der Waals surface area (Å²) in [5, 5.41) is 9.93. The molecule has 4 heteroatoms. The number of hydrogen-bond acceptors (Lipinski definition) is 3. The molecule has 2 aliphatic rings. The second-order valence-corrected chi connectivity index (χ2v) is 6.54. The summed E-state index contributed by atoms with van der Waals surface area (Å²) in [6.07, 6.45) is 2.90. The first-order valence-corrected chi connectivity index (χ1v) is 7.99. The van der Waals surface area contributed by atoms with Gasteiger partial charge in [-0.25, -0.2) is 4.39 Å². The molecule has 0 aromatic heterocycles. The maximum Gasteiger partial charge on any atom is 0.146 e. The van der Waals surface area contributed by atoms with Crippen LogP contribution in [0.1, 0.15) is 37.9 Å². The Morgan fingerprint density at radius 3 is 2.86 bits per heavy atom. The minimum Gasteiger partial charge on any atom is -0.389 e. The zero-order valence-corrected chi connectivity index (χ0v) is 12.9. The molecule has 3 unspecified atom stereocenters. The van der Waals surface area contributed by atoms with Crippen molar-refractivity contribution in [1.82, 2.24) is 4.90 Å². The van der Waals surface area contributed by atoms with Crippen LogP contribution in [0.5, 0.6) is 0 Å². The van der Waals surface area contributed by atoms with Crippen LogP contribution in [0, 0.1) is 11.7 Å². The first-order valence-electron chi connectivity index (χ1n) is 7.99. The molecule has 2 aliphatic heterocycles. The van der Waals surface area contributed by atoms with E-state index in [1.54, 1.807) is 13.0 Å². The number of piperidine rings is 2. The van der Waals surface area contributed by atoms with E-state index in [2.05, 4.69) is 16.8 Å². The Bertz CT molecular complexity index is 506. The van der Waals surface area contributed by atoms with Gasteiger partial charge >= 0.3 is 0 Å². The molecule has 21 heavy (non-hydrogen) atoms. The topological polar surface area (TPSA) is 26.7 Å². The fourth-order valence-corrected chi connectivity index (χ4v) is 4.06. The van der Waals surface area contributed by atoms with Crippen molar-refractivity contribution < 1.29 is 9.50 Å². The quantitative estimate of drug-likeness (QED) is 0.908. The Labute approximate surface area is 126 Å². The molecule has 0 bridgehead atoms. The summed E-state index contributed by atoms with van der Waals surface area (Å²) in [4.78, 5) is 4.61. The average Bonchev–Trinajstić information content (AvgIpc) is 2.46. The number of nitrogens with zero attached hydrogens (tertiary/aromatic N) is 2. The standard InChI is InChI=1S/C17H25FN2O/c1-12(21)14-6-3-7-15(18)17(14)20-10-8-16-13(11-20)5-4-9-19(16)2/h3,6-7,12-13,16,21H,4-5,8-11H2,1-2H3. The van der Waals surface area contributed by atoms with Crippen molar-refractivity contribution in [2.75, 3.05) is 31.6 Å². The normalized spacial score (nSPS) is 28.3. The van der Waals surface area contributed by atoms with Crippen LogP contribution in [0.4, 0.5) is 10.1 Å². The van der Waals surface area contributed by atoms with Gasteiger partial charge in [0.2, 0.25) is 0 Å². The Balaban J connectivity index is 1.86. The highest BCUT2D eigenvalue weighted by molar-refractivity contribution is 5.56.